The minimum Gasteiger partial charge on any atom is -0.493 e. The predicted octanol–water partition coefficient (Wildman–Crippen LogP) is 3.36. The third-order valence-corrected chi connectivity index (χ3v) is 5.54. The number of furan rings is 1. The van der Waals surface area contributed by atoms with Crippen LogP contribution in [0.25, 0.3) is 11.7 Å². The highest BCUT2D eigenvalue weighted by Gasteiger charge is 2.29. The molecule has 1 fully saturated rings. The molecule has 9 heteroatoms. The molecule has 0 radical (unpaired) electrons. The zero-order valence-electron chi connectivity index (χ0n) is 18.0. The van der Waals surface area contributed by atoms with E-state index in [1.165, 1.54) is 6.26 Å². The Balaban J connectivity index is 1.36. The maximum atomic E-state index is 12.7. The summed E-state index contributed by atoms with van der Waals surface area (Å²) in [7, 11) is 3.16. The Labute approximate surface area is 185 Å². The summed E-state index contributed by atoms with van der Waals surface area (Å²) in [4.78, 5) is 18.9. The van der Waals surface area contributed by atoms with Gasteiger partial charge in [-0.1, -0.05) is 12.1 Å². The highest BCUT2D eigenvalue weighted by molar-refractivity contribution is 5.79. The van der Waals surface area contributed by atoms with Crippen LogP contribution in [0.4, 0.5) is 5.88 Å². The zero-order chi connectivity index (χ0) is 22.5. The van der Waals surface area contributed by atoms with Crippen molar-refractivity contribution in [2.24, 2.45) is 5.92 Å². The normalized spacial score (nSPS) is 14.1. The average molecular weight is 436 g/mol. The molecule has 2 aromatic heterocycles. The van der Waals surface area contributed by atoms with E-state index in [2.05, 4.69) is 16.4 Å². The van der Waals surface area contributed by atoms with Gasteiger partial charge < -0.3 is 28.5 Å². The molecule has 1 saturated heterocycles. The number of nitriles is 1. The number of carbonyl (C=O) groups excluding carboxylic acids is 1. The Bertz CT molecular complexity index is 1110. The first-order valence-corrected chi connectivity index (χ1v) is 10.3. The summed E-state index contributed by atoms with van der Waals surface area (Å²) in [6, 6.07) is 11.1. The molecular formula is C23H24N4O5. The summed E-state index contributed by atoms with van der Waals surface area (Å²) in [6.45, 7) is 1.52. The fourth-order valence-corrected chi connectivity index (χ4v) is 3.87. The van der Waals surface area contributed by atoms with Crippen molar-refractivity contribution in [2.45, 2.75) is 19.4 Å². The van der Waals surface area contributed by atoms with Gasteiger partial charge >= 0.3 is 0 Å². The molecule has 9 nitrogen and oxygen atoms in total. The van der Waals surface area contributed by atoms with Crippen LogP contribution in [0.15, 0.2) is 45.4 Å². The summed E-state index contributed by atoms with van der Waals surface area (Å²) in [5.41, 5.74) is 1.06. The van der Waals surface area contributed by atoms with Crippen LogP contribution < -0.4 is 19.7 Å². The second kappa shape index (κ2) is 9.47. The highest BCUT2D eigenvalue weighted by atomic mass is 16.5. The van der Waals surface area contributed by atoms with Gasteiger partial charge in [-0.05, 0) is 31.0 Å². The number of hydrogen-bond donors (Lipinski definition) is 1. The SMILES string of the molecule is COc1cccc(CNC(=O)C2CCN(c3oc(-c4ccco4)nc3C#N)CC2)c1OC. The van der Waals surface area contributed by atoms with Crippen molar-refractivity contribution in [3.05, 3.63) is 47.9 Å². The van der Waals surface area contributed by atoms with E-state index >= 15 is 0 Å². The molecule has 32 heavy (non-hydrogen) atoms. The van der Waals surface area contributed by atoms with Gasteiger partial charge in [-0.15, -0.1) is 0 Å². The summed E-state index contributed by atoms with van der Waals surface area (Å²) in [6.07, 6.45) is 2.81. The molecule has 1 aliphatic heterocycles. The molecule has 3 heterocycles. The van der Waals surface area contributed by atoms with E-state index in [0.29, 0.717) is 55.6 Å². The highest BCUT2D eigenvalue weighted by Crippen LogP contribution is 2.32. The summed E-state index contributed by atoms with van der Waals surface area (Å²) >= 11 is 0. The quantitative estimate of drug-likeness (QED) is 0.600. The number of anilines is 1. The smallest absolute Gasteiger partial charge is 0.266 e. The van der Waals surface area contributed by atoms with Crippen molar-refractivity contribution >= 4 is 11.8 Å². The molecule has 1 aliphatic rings. The van der Waals surface area contributed by atoms with Crippen LogP contribution in [-0.2, 0) is 11.3 Å². The van der Waals surface area contributed by atoms with Gasteiger partial charge in [0.05, 0.1) is 20.5 Å². The summed E-state index contributed by atoms with van der Waals surface area (Å²) in [5.74, 6) is 2.26. The first-order valence-electron chi connectivity index (χ1n) is 10.3. The Kier molecular flexibility index (Phi) is 6.31. The lowest BCUT2D eigenvalue weighted by molar-refractivity contribution is -0.125. The zero-order valence-corrected chi connectivity index (χ0v) is 18.0. The number of methoxy groups -OCH3 is 2. The monoisotopic (exact) mass is 436 g/mol. The van der Waals surface area contributed by atoms with E-state index in [4.69, 9.17) is 18.3 Å². The number of nitrogens with one attached hydrogen (secondary N) is 1. The lowest BCUT2D eigenvalue weighted by atomic mass is 9.96. The number of carbonyl (C=O) groups is 1. The van der Waals surface area contributed by atoms with Crippen LogP contribution in [-0.4, -0.2) is 38.2 Å². The van der Waals surface area contributed by atoms with Gasteiger partial charge in [-0.3, -0.25) is 4.79 Å². The third kappa shape index (κ3) is 4.25. The predicted molar refractivity (Wildman–Crippen MR) is 115 cm³/mol. The number of ether oxygens (including phenoxy) is 2. The van der Waals surface area contributed by atoms with Crippen LogP contribution in [0.3, 0.4) is 0 Å². The van der Waals surface area contributed by atoms with Crippen LogP contribution in [0, 0.1) is 17.2 Å². The van der Waals surface area contributed by atoms with E-state index in [1.807, 2.05) is 23.1 Å². The van der Waals surface area contributed by atoms with Gasteiger partial charge in [-0.2, -0.15) is 10.2 Å². The van der Waals surface area contributed by atoms with Crippen molar-refractivity contribution in [2.75, 3.05) is 32.2 Å². The fraction of sp³-hybridized carbons (Fsp3) is 0.348. The van der Waals surface area contributed by atoms with Crippen LogP contribution in [0.1, 0.15) is 24.1 Å². The number of piperidine rings is 1. The first-order chi connectivity index (χ1) is 15.6. The van der Waals surface area contributed by atoms with Crippen molar-refractivity contribution in [1.82, 2.24) is 10.3 Å². The molecule has 0 aliphatic carbocycles. The number of rotatable bonds is 7. The number of oxazole rings is 1. The van der Waals surface area contributed by atoms with Gasteiger partial charge in [0.1, 0.15) is 6.07 Å². The fourth-order valence-electron chi connectivity index (χ4n) is 3.87. The topological polar surface area (TPSA) is 114 Å². The number of benzene rings is 1. The molecule has 1 aromatic carbocycles. The van der Waals surface area contributed by atoms with Crippen molar-refractivity contribution in [3.63, 3.8) is 0 Å². The third-order valence-electron chi connectivity index (χ3n) is 5.54. The van der Waals surface area contributed by atoms with Crippen LogP contribution in [0.5, 0.6) is 11.5 Å². The maximum Gasteiger partial charge on any atom is 0.266 e. The molecular weight excluding hydrogens is 412 g/mol. The molecule has 0 spiro atoms. The first kappa shape index (κ1) is 21.3. The summed E-state index contributed by atoms with van der Waals surface area (Å²) < 4.78 is 21.9. The number of para-hydroxylation sites is 1. The van der Waals surface area contributed by atoms with Gasteiger partial charge in [0.2, 0.25) is 17.5 Å². The molecule has 0 atom stereocenters. The minimum absolute atomic E-state index is 0.0103. The Morgan fingerprint density at radius 3 is 2.72 bits per heavy atom. The molecule has 1 N–H and O–H groups in total. The second-order valence-electron chi connectivity index (χ2n) is 7.39. The Morgan fingerprint density at radius 1 is 1.25 bits per heavy atom. The van der Waals surface area contributed by atoms with E-state index < -0.39 is 0 Å². The van der Waals surface area contributed by atoms with Gasteiger partial charge in [0.15, 0.2) is 17.3 Å². The standard InChI is InChI=1S/C23H24N4O5/c1-29-18-6-3-5-16(20(18)30-2)14-25-21(28)15-8-10-27(11-9-15)23-17(13-24)26-22(32-23)19-7-4-12-31-19/h3-7,12,15H,8-11,14H2,1-2H3,(H,25,28). The molecule has 4 rings (SSSR count). The number of nitrogens with zero attached hydrogens (tertiary/aromatic N) is 3. The lowest BCUT2D eigenvalue weighted by Crippen LogP contribution is -2.40. The van der Waals surface area contributed by atoms with E-state index in [9.17, 15) is 10.1 Å². The number of amides is 1. The van der Waals surface area contributed by atoms with Crippen LogP contribution >= 0.6 is 0 Å². The summed E-state index contributed by atoms with van der Waals surface area (Å²) in [5, 5.41) is 12.4. The van der Waals surface area contributed by atoms with Crippen molar-refractivity contribution < 1.29 is 23.1 Å². The Hall–Kier alpha value is -3.93. The Morgan fingerprint density at radius 2 is 2.06 bits per heavy atom. The van der Waals surface area contributed by atoms with E-state index in [1.54, 1.807) is 26.4 Å². The number of aromatic nitrogens is 1. The molecule has 166 valence electrons. The van der Waals surface area contributed by atoms with Gasteiger partial charge in [-0.25, -0.2) is 0 Å². The second-order valence-corrected chi connectivity index (χ2v) is 7.39. The largest absolute Gasteiger partial charge is 0.493 e. The van der Waals surface area contributed by atoms with Crippen molar-refractivity contribution in [3.8, 4) is 29.2 Å². The number of hydrogen-bond acceptors (Lipinski definition) is 8. The molecule has 0 saturated carbocycles. The van der Waals surface area contributed by atoms with E-state index in [-0.39, 0.29) is 23.4 Å². The molecule has 0 bridgehead atoms. The maximum absolute atomic E-state index is 12.7. The lowest BCUT2D eigenvalue weighted by Gasteiger charge is -2.31. The van der Waals surface area contributed by atoms with Gasteiger partial charge in [0.25, 0.3) is 5.89 Å². The van der Waals surface area contributed by atoms with Crippen molar-refractivity contribution in [1.29, 1.82) is 5.26 Å². The average Bonchev–Trinajstić information content (AvgIpc) is 3.52. The van der Waals surface area contributed by atoms with Crippen LogP contribution in [0.2, 0.25) is 0 Å². The molecule has 3 aromatic rings. The molecule has 0 unspecified atom stereocenters. The van der Waals surface area contributed by atoms with E-state index in [0.717, 1.165) is 5.56 Å². The minimum atomic E-state index is -0.124. The van der Waals surface area contributed by atoms with Gasteiger partial charge in [0, 0.05) is 31.1 Å². The molecule has 1 amide bonds.